The van der Waals surface area contributed by atoms with E-state index in [1.165, 1.54) is 0 Å². The second-order valence-electron chi connectivity index (χ2n) is 3.22. The molecule has 0 saturated heterocycles. The van der Waals surface area contributed by atoms with E-state index in [9.17, 15) is 0 Å². The molecule has 0 saturated carbocycles. The first kappa shape index (κ1) is 11.3. The van der Waals surface area contributed by atoms with E-state index in [1.807, 2.05) is 32.2 Å². The maximum Gasteiger partial charge on any atom is 0.119 e. The summed E-state index contributed by atoms with van der Waals surface area (Å²) in [5.41, 5.74) is 1.05. The summed E-state index contributed by atoms with van der Waals surface area (Å²) in [4.78, 5) is 0. The first-order chi connectivity index (χ1) is 6.74. The lowest BCUT2D eigenvalue weighted by Gasteiger charge is -2.07. The third kappa shape index (κ3) is 3.56. The summed E-state index contributed by atoms with van der Waals surface area (Å²) in [7, 11) is 1.94. The van der Waals surface area contributed by atoms with Crippen LogP contribution in [0.2, 0.25) is 5.02 Å². The Hall–Kier alpha value is -0.730. The number of aryl methyl sites for hydroxylation is 1. The van der Waals surface area contributed by atoms with Gasteiger partial charge in [0.15, 0.2) is 0 Å². The SMILES string of the molecule is CNCCCOc1ccc(Cl)c(C)c1. The molecular formula is C11H16ClNO. The van der Waals surface area contributed by atoms with Gasteiger partial charge in [-0.3, -0.25) is 0 Å². The van der Waals surface area contributed by atoms with Crippen LogP contribution in [0.4, 0.5) is 0 Å². The maximum atomic E-state index is 5.90. The summed E-state index contributed by atoms with van der Waals surface area (Å²) < 4.78 is 5.55. The lowest BCUT2D eigenvalue weighted by molar-refractivity contribution is 0.309. The van der Waals surface area contributed by atoms with Gasteiger partial charge in [0.05, 0.1) is 6.61 Å². The van der Waals surface area contributed by atoms with Gasteiger partial charge in [0.25, 0.3) is 0 Å². The Balaban J connectivity index is 2.39. The summed E-state index contributed by atoms with van der Waals surface area (Å²) in [6.07, 6.45) is 1.01. The molecule has 0 radical (unpaired) electrons. The zero-order chi connectivity index (χ0) is 10.4. The van der Waals surface area contributed by atoms with Gasteiger partial charge in [-0.2, -0.15) is 0 Å². The molecular weight excluding hydrogens is 198 g/mol. The quantitative estimate of drug-likeness (QED) is 0.760. The van der Waals surface area contributed by atoms with E-state index in [4.69, 9.17) is 16.3 Å². The van der Waals surface area contributed by atoms with E-state index in [-0.39, 0.29) is 0 Å². The van der Waals surface area contributed by atoms with Crippen molar-refractivity contribution in [2.24, 2.45) is 0 Å². The fraction of sp³-hybridized carbons (Fsp3) is 0.455. The van der Waals surface area contributed by atoms with Crippen LogP contribution in [0.3, 0.4) is 0 Å². The summed E-state index contributed by atoms with van der Waals surface area (Å²) in [6, 6.07) is 5.72. The van der Waals surface area contributed by atoms with Crippen molar-refractivity contribution in [2.45, 2.75) is 13.3 Å². The molecule has 0 amide bonds. The van der Waals surface area contributed by atoms with E-state index < -0.39 is 0 Å². The van der Waals surface area contributed by atoms with Crippen LogP contribution < -0.4 is 10.1 Å². The minimum atomic E-state index is 0.738. The van der Waals surface area contributed by atoms with Crippen molar-refractivity contribution in [3.8, 4) is 5.75 Å². The molecule has 0 aliphatic rings. The van der Waals surface area contributed by atoms with Gasteiger partial charge in [-0.25, -0.2) is 0 Å². The van der Waals surface area contributed by atoms with Gasteiger partial charge in [0.1, 0.15) is 5.75 Å². The summed E-state index contributed by atoms with van der Waals surface area (Å²) >= 11 is 5.90. The van der Waals surface area contributed by atoms with E-state index in [0.29, 0.717) is 0 Å². The molecule has 0 heterocycles. The molecule has 0 fully saturated rings. The van der Waals surface area contributed by atoms with Crippen molar-refractivity contribution in [2.75, 3.05) is 20.2 Å². The molecule has 0 aromatic heterocycles. The van der Waals surface area contributed by atoms with Crippen molar-refractivity contribution in [1.29, 1.82) is 0 Å². The number of benzene rings is 1. The lowest BCUT2D eigenvalue weighted by atomic mass is 10.2. The average molecular weight is 214 g/mol. The van der Waals surface area contributed by atoms with Crippen LogP contribution in [0.1, 0.15) is 12.0 Å². The minimum Gasteiger partial charge on any atom is -0.494 e. The molecule has 2 nitrogen and oxygen atoms in total. The normalized spacial score (nSPS) is 10.2. The van der Waals surface area contributed by atoms with Gasteiger partial charge in [-0.05, 0) is 50.7 Å². The summed E-state index contributed by atoms with van der Waals surface area (Å²) in [5.74, 6) is 0.892. The maximum absolute atomic E-state index is 5.90. The van der Waals surface area contributed by atoms with E-state index in [1.54, 1.807) is 0 Å². The molecule has 0 aliphatic carbocycles. The summed E-state index contributed by atoms with van der Waals surface area (Å²) in [6.45, 7) is 3.69. The Labute approximate surface area is 90.2 Å². The van der Waals surface area contributed by atoms with Gasteiger partial charge in [0, 0.05) is 5.02 Å². The molecule has 14 heavy (non-hydrogen) atoms. The zero-order valence-electron chi connectivity index (χ0n) is 8.64. The van der Waals surface area contributed by atoms with Crippen LogP contribution in [0.15, 0.2) is 18.2 Å². The number of nitrogens with one attached hydrogen (secondary N) is 1. The van der Waals surface area contributed by atoms with Crippen LogP contribution in [0.25, 0.3) is 0 Å². The topological polar surface area (TPSA) is 21.3 Å². The molecule has 0 atom stereocenters. The average Bonchev–Trinajstić information content (AvgIpc) is 2.18. The highest BCUT2D eigenvalue weighted by molar-refractivity contribution is 6.31. The Kier molecular flexibility index (Phi) is 4.77. The van der Waals surface area contributed by atoms with E-state index >= 15 is 0 Å². The molecule has 1 N–H and O–H groups in total. The highest BCUT2D eigenvalue weighted by atomic mass is 35.5. The largest absolute Gasteiger partial charge is 0.494 e. The van der Waals surface area contributed by atoms with Crippen molar-refractivity contribution in [3.63, 3.8) is 0 Å². The smallest absolute Gasteiger partial charge is 0.119 e. The first-order valence-electron chi connectivity index (χ1n) is 4.77. The highest BCUT2D eigenvalue weighted by Crippen LogP contribution is 2.20. The van der Waals surface area contributed by atoms with Gasteiger partial charge in [0.2, 0.25) is 0 Å². The Bertz CT molecular complexity index is 289. The molecule has 0 spiro atoms. The molecule has 0 bridgehead atoms. The number of hydrogen-bond donors (Lipinski definition) is 1. The number of hydrogen-bond acceptors (Lipinski definition) is 2. The molecule has 0 aliphatic heterocycles. The molecule has 3 heteroatoms. The predicted octanol–water partition coefficient (Wildman–Crippen LogP) is 2.64. The fourth-order valence-electron chi connectivity index (χ4n) is 1.15. The summed E-state index contributed by atoms with van der Waals surface area (Å²) in [5, 5.41) is 3.86. The van der Waals surface area contributed by atoms with E-state index in [2.05, 4.69) is 5.32 Å². The van der Waals surface area contributed by atoms with E-state index in [0.717, 1.165) is 35.9 Å². The van der Waals surface area contributed by atoms with Crippen molar-refractivity contribution in [3.05, 3.63) is 28.8 Å². The van der Waals surface area contributed by atoms with Crippen molar-refractivity contribution >= 4 is 11.6 Å². The Morgan fingerprint density at radius 2 is 2.21 bits per heavy atom. The standard InChI is InChI=1S/C11H16ClNO/c1-9-8-10(4-5-11(9)12)14-7-3-6-13-2/h4-5,8,13H,3,6-7H2,1-2H3. The fourth-order valence-corrected chi connectivity index (χ4v) is 1.26. The Morgan fingerprint density at radius 3 is 2.86 bits per heavy atom. The third-order valence-corrected chi connectivity index (χ3v) is 2.39. The number of rotatable bonds is 5. The molecule has 0 unspecified atom stereocenters. The van der Waals surface area contributed by atoms with Crippen molar-refractivity contribution < 1.29 is 4.74 Å². The van der Waals surface area contributed by atoms with Gasteiger partial charge >= 0.3 is 0 Å². The van der Waals surface area contributed by atoms with Crippen molar-refractivity contribution in [1.82, 2.24) is 5.32 Å². The highest BCUT2D eigenvalue weighted by Gasteiger charge is 1.97. The van der Waals surface area contributed by atoms with Crippen LogP contribution >= 0.6 is 11.6 Å². The Morgan fingerprint density at radius 1 is 1.43 bits per heavy atom. The molecule has 1 aromatic carbocycles. The minimum absolute atomic E-state index is 0.738. The van der Waals surface area contributed by atoms with Gasteiger partial charge in [-0.15, -0.1) is 0 Å². The van der Waals surface area contributed by atoms with Crippen LogP contribution in [0, 0.1) is 6.92 Å². The second kappa shape index (κ2) is 5.89. The van der Waals surface area contributed by atoms with Gasteiger partial charge in [-0.1, -0.05) is 11.6 Å². The predicted molar refractivity (Wildman–Crippen MR) is 60.2 cm³/mol. The van der Waals surface area contributed by atoms with Crippen LogP contribution in [-0.4, -0.2) is 20.2 Å². The molecule has 78 valence electrons. The number of halogens is 1. The van der Waals surface area contributed by atoms with Crippen LogP contribution in [-0.2, 0) is 0 Å². The molecule has 1 aromatic rings. The van der Waals surface area contributed by atoms with Crippen LogP contribution in [0.5, 0.6) is 5.75 Å². The lowest BCUT2D eigenvalue weighted by Crippen LogP contribution is -2.11. The third-order valence-electron chi connectivity index (χ3n) is 1.97. The molecule has 1 rings (SSSR count). The second-order valence-corrected chi connectivity index (χ2v) is 3.62. The first-order valence-corrected chi connectivity index (χ1v) is 5.15. The number of ether oxygens (including phenoxy) is 1. The zero-order valence-corrected chi connectivity index (χ0v) is 9.40. The monoisotopic (exact) mass is 213 g/mol. The van der Waals surface area contributed by atoms with Gasteiger partial charge < -0.3 is 10.1 Å².